The summed E-state index contributed by atoms with van der Waals surface area (Å²) in [4.78, 5) is 16.5. The average Bonchev–Trinajstić information content (AvgIpc) is 3.14. The maximum absolute atomic E-state index is 10.7. The largest absolute Gasteiger partial charge is 0.481 e. The van der Waals surface area contributed by atoms with Crippen molar-refractivity contribution < 1.29 is 9.90 Å². The maximum atomic E-state index is 10.7. The highest BCUT2D eigenvalue weighted by molar-refractivity contribution is 8.00. The number of hydrogen-bond acceptors (Lipinski definition) is 4. The van der Waals surface area contributed by atoms with E-state index < -0.39 is 5.97 Å². The van der Waals surface area contributed by atoms with Crippen LogP contribution in [0, 0.1) is 0 Å². The van der Waals surface area contributed by atoms with Crippen LogP contribution in [-0.2, 0) is 4.79 Å². The monoisotopic (exact) mass is 387 g/mol. The molecule has 1 atom stereocenters. The second-order valence-corrected chi connectivity index (χ2v) is 9.57. The van der Waals surface area contributed by atoms with Gasteiger partial charge in [0.05, 0.1) is 0 Å². The van der Waals surface area contributed by atoms with Gasteiger partial charge in [0.25, 0.3) is 0 Å². The van der Waals surface area contributed by atoms with Crippen LogP contribution in [0.25, 0.3) is 11.1 Å². The molecule has 1 heterocycles. The molecular formula is C21H25NO2S2. The van der Waals surface area contributed by atoms with Crippen LogP contribution in [0.4, 0.5) is 0 Å². The molecule has 3 nitrogen and oxygen atoms in total. The number of carboxylic acids is 1. The maximum Gasteiger partial charge on any atom is 0.303 e. The van der Waals surface area contributed by atoms with Crippen molar-refractivity contribution >= 4 is 29.5 Å². The quantitative estimate of drug-likeness (QED) is 0.552. The van der Waals surface area contributed by atoms with Crippen molar-refractivity contribution in [1.29, 1.82) is 0 Å². The number of aromatic nitrogens is 1. The molecule has 1 aromatic heterocycles. The van der Waals surface area contributed by atoms with E-state index in [0.29, 0.717) is 16.9 Å². The van der Waals surface area contributed by atoms with Gasteiger partial charge in [-0.05, 0) is 43.0 Å². The molecule has 1 saturated carbocycles. The molecule has 0 aliphatic heterocycles. The molecule has 5 heteroatoms. The van der Waals surface area contributed by atoms with E-state index in [1.807, 2.05) is 24.0 Å². The Balaban J connectivity index is 1.67. The minimum atomic E-state index is -0.725. The van der Waals surface area contributed by atoms with Gasteiger partial charge in [0.15, 0.2) is 0 Å². The lowest BCUT2D eigenvalue weighted by molar-refractivity contribution is -0.137. The van der Waals surface area contributed by atoms with Crippen molar-refractivity contribution in [3.8, 4) is 11.1 Å². The number of rotatable bonds is 8. The molecule has 0 bridgehead atoms. The molecule has 0 unspecified atom stereocenters. The first-order chi connectivity index (χ1) is 12.6. The third-order valence-electron chi connectivity index (χ3n) is 4.62. The molecule has 138 valence electrons. The van der Waals surface area contributed by atoms with Gasteiger partial charge in [-0.3, -0.25) is 4.79 Å². The predicted molar refractivity (Wildman–Crippen MR) is 110 cm³/mol. The lowest BCUT2D eigenvalue weighted by Gasteiger charge is -2.13. The van der Waals surface area contributed by atoms with E-state index in [0.717, 1.165) is 5.03 Å². The fraction of sp³-hybridized carbons (Fsp3) is 0.429. The Hall–Kier alpha value is -1.46. The van der Waals surface area contributed by atoms with Crippen LogP contribution in [0.3, 0.4) is 0 Å². The molecule has 1 fully saturated rings. The standard InChI is InChI=1S/C21H25NO2S2/c1-15(8-13-20(23)24)25-18-11-9-16(10-12-18)19-7-4-14-22-21(19)26-17-5-2-3-6-17/h4,7,9-12,14-15,17H,2-3,5-6,8,13H2,1H3,(H,23,24)/t15-/m1/s1. The zero-order valence-corrected chi connectivity index (χ0v) is 16.7. The molecule has 1 N–H and O–H groups in total. The SMILES string of the molecule is C[C@H](CCC(=O)O)Sc1ccc(-c2cccnc2SC2CCCC2)cc1. The van der Waals surface area contributed by atoms with Crippen molar-refractivity contribution in [1.82, 2.24) is 4.98 Å². The van der Waals surface area contributed by atoms with E-state index in [4.69, 9.17) is 5.11 Å². The Kier molecular flexibility index (Phi) is 7.03. The minimum absolute atomic E-state index is 0.226. The first-order valence-electron chi connectivity index (χ1n) is 9.22. The zero-order chi connectivity index (χ0) is 18.4. The van der Waals surface area contributed by atoms with Crippen LogP contribution in [0.5, 0.6) is 0 Å². The summed E-state index contributed by atoms with van der Waals surface area (Å²) in [5, 5.41) is 10.9. The van der Waals surface area contributed by atoms with Gasteiger partial charge in [-0.25, -0.2) is 4.98 Å². The number of carbonyl (C=O) groups is 1. The Morgan fingerprint density at radius 2 is 1.96 bits per heavy atom. The van der Waals surface area contributed by atoms with E-state index in [1.54, 1.807) is 11.8 Å². The highest BCUT2D eigenvalue weighted by Gasteiger charge is 2.19. The van der Waals surface area contributed by atoms with E-state index in [2.05, 4.69) is 42.2 Å². The van der Waals surface area contributed by atoms with Crippen LogP contribution in [0.2, 0.25) is 0 Å². The molecule has 1 aromatic carbocycles. The Bertz CT molecular complexity index is 727. The Labute approximate surface area is 164 Å². The molecule has 1 aliphatic rings. The lowest BCUT2D eigenvalue weighted by atomic mass is 10.1. The topological polar surface area (TPSA) is 50.2 Å². The Morgan fingerprint density at radius 1 is 1.23 bits per heavy atom. The van der Waals surface area contributed by atoms with Gasteiger partial charge in [-0.1, -0.05) is 38.0 Å². The molecule has 1 aliphatic carbocycles. The van der Waals surface area contributed by atoms with E-state index in [1.165, 1.54) is 41.7 Å². The van der Waals surface area contributed by atoms with Gasteiger partial charge < -0.3 is 5.11 Å². The van der Waals surface area contributed by atoms with Gasteiger partial charge in [0.2, 0.25) is 0 Å². The first kappa shape index (κ1) is 19.3. The summed E-state index contributed by atoms with van der Waals surface area (Å²) in [5.74, 6) is -0.725. The van der Waals surface area contributed by atoms with Crippen molar-refractivity contribution in [2.75, 3.05) is 0 Å². The fourth-order valence-electron chi connectivity index (χ4n) is 3.20. The number of aliphatic carboxylic acids is 1. The van der Waals surface area contributed by atoms with E-state index in [9.17, 15) is 4.79 Å². The second-order valence-electron chi connectivity index (χ2n) is 6.77. The number of pyridine rings is 1. The van der Waals surface area contributed by atoms with Crippen molar-refractivity contribution in [3.63, 3.8) is 0 Å². The molecule has 0 radical (unpaired) electrons. The van der Waals surface area contributed by atoms with E-state index in [-0.39, 0.29) is 6.42 Å². The van der Waals surface area contributed by atoms with Gasteiger partial charge >= 0.3 is 5.97 Å². The van der Waals surface area contributed by atoms with Gasteiger partial charge in [0, 0.05) is 33.6 Å². The van der Waals surface area contributed by atoms with Crippen LogP contribution in [0.15, 0.2) is 52.5 Å². The summed E-state index contributed by atoms with van der Waals surface area (Å²) in [6.07, 6.45) is 8.07. The number of nitrogens with zero attached hydrogens (tertiary/aromatic N) is 1. The van der Waals surface area contributed by atoms with Crippen molar-refractivity contribution in [2.45, 2.75) is 65.9 Å². The summed E-state index contributed by atoms with van der Waals surface area (Å²) in [7, 11) is 0. The van der Waals surface area contributed by atoms with Gasteiger partial charge in [0.1, 0.15) is 5.03 Å². The second kappa shape index (κ2) is 9.47. The molecule has 0 saturated heterocycles. The number of hydrogen-bond donors (Lipinski definition) is 1. The fourth-order valence-corrected chi connectivity index (χ4v) is 5.51. The minimum Gasteiger partial charge on any atom is -0.481 e. The molecule has 26 heavy (non-hydrogen) atoms. The summed E-state index contributed by atoms with van der Waals surface area (Å²) in [6, 6.07) is 12.7. The number of carboxylic acid groups (broad SMARTS) is 1. The van der Waals surface area contributed by atoms with Crippen LogP contribution in [-0.4, -0.2) is 26.6 Å². The third kappa shape index (κ3) is 5.52. The highest BCUT2D eigenvalue weighted by Crippen LogP contribution is 2.38. The normalized spacial score (nSPS) is 15.9. The zero-order valence-electron chi connectivity index (χ0n) is 15.1. The third-order valence-corrected chi connectivity index (χ3v) is 7.15. The molecule has 3 rings (SSSR count). The number of benzene rings is 1. The van der Waals surface area contributed by atoms with E-state index >= 15 is 0 Å². The lowest BCUT2D eigenvalue weighted by Crippen LogP contribution is -2.02. The molecular weight excluding hydrogens is 362 g/mol. The van der Waals surface area contributed by atoms with Gasteiger partial charge in [-0.15, -0.1) is 23.5 Å². The van der Waals surface area contributed by atoms with Crippen LogP contribution in [0.1, 0.15) is 45.4 Å². The predicted octanol–water partition coefficient (Wildman–Crippen LogP) is 6.13. The molecule has 2 aromatic rings. The Morgan fingerprint density at radius 3 is 2.65 bits per heavy atom. The summed E-state index contributed by atoms with van der Waals surface area (Å²) in [5.41, 5.74) is 2.40. The van der Waals surface area contributed by atoms with Crippen LogP contribution >= 0.6 is 23.5 Å². The van der Waals surface area contributed by atoms with Crippen LogP contribution < -0.4 is 0 Å². The smallest absolute Gasteiger partial charge is 0.303 e. The first-order valence-corrected chi connectivity index (χ1v) is 11.0. The summed E-state index contributed by atoms with van der Waals surface area (Å²) >= 11 is 3.66. The molecule has 0 spiro atoms. The summed E-state index contributed by atoms with van der Waals surface area (Å²) in [6.45, 7) is 2.08. The number of thioether (sulfide) groups is 2. The summed E-state index contributed by atoms with van der Waals surface area (Å²) < 4.78 is 0. The average molecular weight is 388 g/mol. The van der Waals surface area contributed by atoms with Gasteiger partial charge in [-0.2, -0.15) is 0 Å². The van der Waals surface area contributed by atoms with Crippen molar-refractivity contribution in [3.05, 3.63) is 42.6 Å². The molecule has 0 amide bonds. The van der Waals surface area contributed by atoms with Crippen molar-refractivity contribution in [2.24, 2.45) is 0 Å². The highest BCUT2D eigenvalue weighted by atomic mass is 32.2.